The average Bonchev–Trinajstić information content (AvgIpc) is 2.69. The van der Waals surface area contributed by atoms with Gasteiger partial charge in [0.1, 0.15) is 5.36 Å². The van der Waals surface area contributed by atoms with E-state index in [9.17, 15) is 0 Å². The summed E-state index contributed by atoms with van der Waals surface area (Å²) in [6, 6.07) is 20.7. The van der Waals surface area contributed by atoms with Crippen molar-refractivity contribution in [3.63, 3.8) is 0 Å². The predicted octanol–water partition coefficient (Wildman–Crippen LogP) is 3.39. The van der Waals surface area contributed by atoms with Crippen molar-refractivity contribution in [1.29, 1.82) is 0 Å². The highest BCUT2D eigenvalue weighted by Crippen LogP contribution is 2.15. The standard InChI is InChI=1S/C18H18N2O/c1-13(19-2)21-20-18-16-9-5-3-7-14(16)11-12-15-8-4-6-10-17(15)18/h3-13,19H,1-2H3. The maximum atomic E-state index is 5.55. The zero-order chi connectivity index (χ0) is 14.7. The van der Waals surface area contributed by atoms with Gasteiger partial charge in [0, 0.05) is 10.8 Å². The minimum atomic E-state index is -0.131. The highest BCUT2D eigenvalue weighted by molar-refractivity contribution is 5.92. The summed E-state index contributed by atoms with van der Waals surface area (Å²) in [5.74, 6) is 0. The van der Waals surface area contributed by atoms with Gasteiger partial charge in [-0.25, -0.2) is 0 Å². The maximum absolute atomic E-state index is 5.55. The molecule has 3 rings (SSSR count). The lowest BCUT2D eigenvalue weighted by atomic mass is 10.1. The van der Waals surface area contributed by atoms with Gasteiger partial charge in [0.15, 0.2) is 6.23 Å². The molecule has 0 aliphatic rings. The fourth-order valence-corrected chi connectivity index (χ4v) is 2.32. The van der Waals surface area contributed by atoms with Crippen molar-refractivity contribution < 1.29 is 4.84 Å². The topological polar surface area (TPSA) is 33.6 Å². The molecule has 3 aromatic rings. The van der Waals surface area contributed by atoms with Crippen LogP contribution in [0.4, 0.5) is 0 Å². The van der Waals surface area contributed by atoms with E-state index in [2.05, 4.69) is 46.9 Å². The van der Waals surface area contributed by atoms with E-state index in [0.717, 1.165) is 26.9 Å². The zero-order valence-electron chi connectivity index (χ0n) is 12.2. The van der Waals surface area contributed by atoms with Gasteiger partial charge in [-0.15, -0.1) is 0 Å². The van der Waals surface area contributed by atoms with Crippen molar-refractivity contribution in [2.45, 2.75) is 13.2 Å². The van der Waals surface area contributed by atoms with Gasteiger partial charge >= 0.3 is 0 Å². The average molecular weight is 278 g/mol. The number of rotatable bonds is 3. The van der Waals surface area contributed by atoms with Crippen molar-refractivity contribution in [3.8, 4) is 0 Å². The van der Waals surface area contributed by atoms with E-state index in [4.69, 9.17) is 4.84 Å². The third-order valence-electron chi connectivity index (χ3n) is 3.58. The summed E-state index contributed by atoms with van der Waals surface area (Å²) in [4.78, 5) is 5.55. The van der Waals surface area contributed by atoms with Crippen molar-refractivity contribution >= 4 is 21.5 Å². The predicted molar refractivity (Wildman–Crippen MR) is 86.6 cm³/mol. The first-order valence-electron chi connectivity index (χ1n) is 7.07. The molecule has 0 aliphatic heterocycles. The lowest BCUT2D eigenvalue weighted by molar-refractivity contribution is 0.0465. The van der Waals surface area contributed by atoms with E-state index in [1.165, 1.54) is 0 Å². The Morgan fingerprint density at radius 1 is 0.857 bits per heavy atom. The van der Waals surface area contributed by atoms with Gasteiger partial charge in [0.2, 0.25) is 0 Å². The normalized spacial score (nSPS) is 12.3. The van der Waals surface area contributed by atoms with Crippen LogP contribution in [0.3, 0.4) is 0 Å². The van der Waals surface area contributed by atoms with Crippen LogP contribution in [-0.2, 0) is 4.84 Å². The Labute approximate surface area is 123 Å². The summed E-state index contributed by atoms with van der Waals surface area (Å²) in [7, 11) is 1.85. The Kier molecular flexibility index (Phi) is 3.84. The van der Waals surface area contributed by atoms with Gasteiger partial charge in [-0.05, 0) is 24.7 Å². The van der Waals surface area contributed by atoms with Crippen molar-refractivity contribution in [2.75, 3.05) is 7.05 Å². The number of hydrogen-bond donors (Lipinski definition) is 1. The van der Waals surface area contributed by atoms with Crippen molar-refractivity contribution in [3.05, 3.63) is 66.0 Å². The van der Waals surface area contributed by atoms with Crippen LogP contribution in [0.15, 0.2) is 65.8 Å². The fraction of sp³-hybridized carbons (Fsp3) is 0.167. The summed E-state index contributed by atoms with van der Waals surface area (Å²) in [6.45, 7) is 1.93. The minimum Gasteiger partial charge on any atom is -0.376 e. The van der Waals surface area contributed by atoms with Crippen LogP contribution >= 0.6 is 0 Å². The Bertz CT molecular complexity index is 781. The molecule has 1 atom stereocenters. The number of benzene rings is 2. The third-order valence-corrected chi connectivity index (χ3v) is 3.58. The SMILES string of the molecule is CNC(C)ON=c1c2ccccc2ccc2ccccc12. The molecule has 0 aliphatic carbocycles. The highest BCUT2D eigenvalue weighted by atomic mass is 16.6. The van der Waals surface area contributed by atoms with Crippen LogP contribution in [-0.4, -0.2) is 13.3 Å². The number of nitrogens with one attached hydrogen (secondary N) is 1. The molecule has 0 saturated heterocycles. The maximum Gasteiger partial charge on any atom is 0.175 e. The molecule has 1 unspecified atom stereocenters. The van der Waals surface area contributed by atoms with Crippen molar-refractivity contribution in [2.24, 2.45) is 5.16 Å². The first kappa shape index (κ1) is 13.6. The summed E-state index contributed by atoms with van der Waals surface area (Å²) in [6.07, 6.45) is -0.131. The number of nitrogens with zero attached hydrogens (tertiary/aromatic N) is 1. The number of fused-ring (bicyclic) bond motifs is 2. The second-order valence-corrected chi connectivity index (χ2v) is 4.98. The quantitative estimate of drug-likeness (QED) is 0.588. The van der Waals surface area contributed by atoms with Gasteiger partial charge in [-0.2, -0.15) is 0 Å². The molecular weight excluding hydrogens is 260 g/mol. The van der Waals surface area contributed by atoms with E-state index >= 15 is 0 Å². The molecule has 0 aromatic heterocycles. The molecule has 1 N–H and O–H groups in total. The Morgan fingerprint density at radius 3 is 1.90 bits per heavy atom. The zero-order valence-corrected chi connectivity index (χ0v) is 12.2. The Balaban J connectivity index is 2.40. The van der Waals surface area contributed by atoms with Gasteiger partial charge in [-0.3, -0.25) is 5.32 Å². The van der Waals surface area contributed by atoms with Crippen LogP contribution < -0.4 is 10.7 Å². The fourth-order valence-electron chi connectivity index (χ4n) is 2.32. The molecule has 0 heterocycles. The summed E-state index contributed by atoms with van der Waals surface area (Å²) in [5, 5.41) is 12.8. The molecule has 0 radical (unpaired) electrons. The van der Waals surface area contributed by atoms with Crippen LogP contribution in [0.5, 0.6) is 0 Å². The van der Waals surface area contributed by atoms with E-state index in [-0.39, 0.29) is 6.23 Å². The Hall–Kier alpha value is -2.39. The van der Waals surface area contributed by atoms with Crippen LogP contribution in [0.25, 0.3) is 21.5 Å². The highest BCUT2D eigenvalue weighted by Gasteiger charge is 2.02. The first-order chi connectivity index (χ1) is 10.3. The van der Waals surface area contributed by atoms with Crippen LogP contribution in [0, 0.1) is 0 Å². The smallest absolute Gasteiger partial charge is 0.175 e. The largest absolute Gasteiger partial charge is 0.376 e. The second-order valence-electron chi connectivity index (χ2n) is 4.98. The lowest BCUT2D eigenvalue weighted by Crippen LogP contribution is -2.23. The van der Waals surface area contributed by atoms with Crippen LogP contribution in [0.2, 0.25) is 0 Å². The first-order valence-corrected chi connectivity index (χ1v) is 7.07. The number of hydrogen-bond acceptors (Lipinski definition) is 3. The van der Waals surface area contributed by atoms with E-state index in [1.807, 2.05) is 38.2 Å². The van der Waals surface area contributed by atoms with Gasteiger partial charge in [-0.1, -0.05) is 65.8 Å². The third kappa shape index (κ3) is 2.73. The molecule has 0 saturated carbocycles. The molecule has 21 heavy (non-hydrogen) atoms. The molecule has 0 fully saturated rings. The molecular formula is C18H18N2O. The molecule has 3 heteroatoms. The summed E-state index contributed by atoms with van der Waals surface area (Å²) in [5.41, 5.74) is 0. The van der Waals surface area contributed by atoms with Crippen molar-refractivity contribution in [1.82, 2.24) is 5.32 Å². The van der Waals surface area contributed by atoms with E-state index < -0.39 is 0 Å². The van der Waals surface area contributed by atoms with Gasteiger partial charge in [0.25, 0.3) is 0 Å². The van der Waals surface area contributed by atoms with E-state index in [0.29, 0.717) is 0 Å². The molecule has 106 valence electrons. The lowest BCUT2D eigenvalue weighted by Gasteiger charge is -2.07. The van der Waals surface area contributed by atoms with E-state index in [1.54, 1.807) is 0 Å². The Morgan fingerprint density at radius 2 is 1.38 bits per heavy atom. The van der Waals surface area contributed by atoms with Gasteiger partial charge in [0.05, 0.1) is 0 Å². The molecule has 0 amide bonds. The molecule has 3 aromatic carbocycles. The monoisotopic (exact) mass is 278 g/mol. The molecule has 3 nitrogen and oxygen atoms in total. The van der Waals surface area contributed by atoms with Crippen LogP contribution in [0.1, 0.15) is 6.92 Å². The summed E-state index contributed by atoms with van der Waals surface area (Å²) >= 11 is 0. The van der Waals surface area contributed by atoms with Gasteiger partial charge < -0.3 is 4.84 Å². The summed E-state index contributed by atoms with van der Waals surface area (Å²) < 4.78 is 0. The molecule has 0 spiro atoms. The minimum absolute atomic E-state index is 0.131. The second kappa shape index (κ2) is 5.94. The molecule has 0 bridgehead atoms.